The number of likely N-dealkylation sites (N-methyl/N-ethyl adjacent to an activating group) is 1. The lowest BCUT2D eigenvalue weighted by Crippen LogP contribution is -2.47. The lowest BCUT2D eigenvalue weighted by molar-refractivity contribution is -0.870. The van der Waals surface area contributed by atoms with Crippen LogP contribution in [0.15, 0.2) is 36.5 Å². The minimum absolute atomic E-state index is 0.0404. The highest BCUT2D eigenvalue weighted by Gasteiger charge is 2.30. The molecular weight excluding hydrogens is 928 g/mol. The molecule has 0 aliphatic heterocycles. The molecule has 0 aromatic heterocycles. The minimum Gasteiger partial charge on any atom is -0.456 e. The fourth-order valence-corrected chi connectivity index (χ4v) is 9.89. The van der Waals surface area contributed by atoms with Crippen LogP contribution in [-0.2, 0) is 27.9 Å². The number of hydrogen-bond acceptors (Lipinski definition) is 6. The van der Waals surface area contributed by atoms with Gasteiger partial charge in [0, 0.05) is 12.8 Å². The van der Waals surface area contributed by atoms with Crippen LogP contribution in [0.2, 0.25) is 0 Å². The molecule has 73 heavy (non-hydrogen) atoms. The van der Waals surface area contributed by atoms with Gasteiger partial charge < -0.3 is 19.4 Å². The number of carbonyl (C=O) groups is 2. The Hall–Kier alpha value is -1.77. The molecule has 0 fully saturated rings. The average molecular weight is 1050 g/mol. The second kappa shape index (κ2) is 53.6. The fourth-order valence-electron chi connectivity index (χ4n) is 9.15. The molecule has 0 saturated carbocycles. The first kappa shape index (κ1) is 71.2. The van der Waals surface area contributed by atoms with Gasteiger partial charge in [-0.25, -0.2) is 4.57 Å². The number of esters is 1. The smallest absolute Gasteiger partial charge is 0.456 e. The van der Waals surface area contributed by atoms with Gasteiger partial charge in [-0.3, -0.25) is 18.6 Å². The topological polar surface area (TPSA) is 111 Å². The Balaban J connectivity index is 5.12. The van der Waals surface area contributed by atoms with E-state index in [1.165, 1.54) is 186 Å². The number of phosphoric ester groups is 1. The number of nitrogens with one attached hydrogen (secondary N) is 1. The maximum absolute atomic E-state index is 13.5. The van der Waals surface area contributed by atoms with Crippen molar-refractivity contribution in [3.63, 3.8) is 0 Å². The fraction of sp³-hybridized carbons (Fsp3) is 0.873. The summed E-state index contributed by atoms with van der Waals surface area (Å²) in [5.41, 5.74) is 0. The van der Waals surface area contributed by atoms with Crippen molar-refractivity contribution in [1.29, 1.82) is 0 Å². The van der Waals surface area contributed by atoms with E-state index in [2.05, 4.69) is 50.4 Å². The van der Waals surface area contributed by atoms with E-state index in [9.17, 15) is 19.0 Å². The zero-order valence-electron chi connectivity index (χ0n) is 49.1. The Kier molecular flexibility index (Phi) is 52.3. The van der Waals surface area contributed by atoms with Gasteiger partial charge in [-0.05, 0) is 76.7 Å². The highest BCUT2D eigenvalue weighted by molar-refractivity contribution is 7.47. The van der Waals surface area contributed by atoms with Gasteiger partial charge in [0.25, 0.3) is 0 Å². The van der Waals surface area contributed by atoms with Crippen molar-refractivity contribution in [3.8, 4) is 0 Å². The second-order valence-corrected chi connectivity index (χ2v) is 24.0. The van der Waals surface area contributed by atoms with Crippen LogP contribution in [0.4, 0.5) is 0 Å². The molecular formula is C63H122N2O7P+. The maximum atomic E-state index is 13.5. The predicted molar refractivity (Wildman–Crippen MR) is 314 cm³/mol. The number of nitrogens with zero attached hydrogens (tertiary/aromatic N) is 1. The molecule has 2 N–H and O–H groups in total. The number of unbranched alkanes of at least 4 members (excludes halogenated alkanes) is 37. The first-order valence-electron chi connectivity index (χ1n) is 31.3. The van der Waals surface area contributed by atoms with Gasteiger partial charge in [0.2, 0.25) is 5.91 Å². The number of quaternary nitrogens is 1. The zero-order valence-corrected chi connectivity index (χ0v) is 50.0. The van der Waals surface area contributed by atoms with Crippen LogP contribution in [0.5, 0.6) is 0 Å². The highest BCUT2D eigenvalue weighted by atomic mass is 31.2. The van der Waals surface area contributed by atoms with E-state index in [0.717, 1.165) is 83.5 Å². The van der Waals surface area contributed by atoms with Crippen molar-refractivity contribution in [2.45, 2.75) is 315 Å². The number of allylic oxidation sites excluding steroid dienone is 5. The molecule has 0 aliphatic rings. The summed E-state index contributed by atoms with van der Waals surface area (Å²) in [7, 11) is 1.50. The van der Waals surface area contributed by atoms with Gasteiger partial charge in [-0.15, -0.1) is 0 Å². The third-order valence-corrected chi connectivity index (χ3v) is 15.0. The van der Waals surface area contributed by atoms with Crippen LogP contribution < -0.4 is 5.32 Å². The van der Waals surface area contributed by atoms with Crippen molar-refractivity contribution in [2.24, 2.45) is 0 Å². The second-order valence-electron chi connectivity index (χ2n) is 22.6. The summed E-state index contributed by atoms with van der Waals surface area (Å²) in [6, 6.07) is -0.848. The standard InChI is InChI=1S/C63H121N2O7P/c1-7-10-13-16-19-22-25-27-28-29-30-31-32-33-34-35-36-38-41-44-47-50-53-56-63(67)72-61(54-51-48-45-42-40-37-26-23-20-17-14-11-8-2)60(59-71-73(68,69)70-58-57-65(4,5)6)64-62(66)55-52-49-46-43-39-24-21-18-15-12-9-3/h18,21,27-28,51,54,60-61H,7-17,19-20,22-26,29-50,52-53,55-59H2,1-6H3,(H-,64,66,68,69)/p+1/b21-18-,28-27+,54-51-. The number of amides is 1. The molecule has 0 bridgehead atoms. The van der Waals surface area contributed by atoms with Crippen LogP contribution in [-0.4, -0.2) is 74.3 Å². The average Bonchev–Trinajstić information content (AvgIpc) is 3.35. The van der Waals surface area contributed by atoms with E-state index in [0.29, 0.717) is 23.9 Å². The Morgan fingerprint density at radius 1 is 0.466 bits per heavy atom. The van der Waals surface area contributed by atoms with Crippen molar-refractivity contribution < 1.29 is 37.3 Å². The summed E-state index contributed by atoms with van der Waals surface area (Å²) in [5.74, 6) is -0.506. The molecule has 3 unspecified atom stereocenters. The summed E-state index contributed by atoms with van der Waals surface area (Å²) in [5, 5.41) is 3.05. The molecule has 3 atom stereocenters. The monoisotopic (exact) mass is 1050 g/mol. The normalized spacial score (nSPS) is 13.9. The highest BCUT2D eigenvalue weighted by Crippen LogP contribution is 2.43. The molecule has 0 rings (SSSR count). The number of hydrogen-bond donors (Lipinski definition) is 2. The summed E-state index contributed by atoms with van der Waals surface area (Å²) in [6.45, 7) is 6.99. The third kappa shape index (κ3) is 54.8. The molecule has 430 valence electrons. The first-order valence-corrected chi connectivity index (χ1v) is 32.8. The van der Waals surface area contributed by atoms with Gasteiger partial charge in [0.1, 0.15) is 19.3 Å². The summed E-state index contributed by atoms with van der Waals surface area (Å²) >= 11 is 0. The summed E-state index contributed by atoms with van der Waals surface area (Å²) < 4.78 is 30.7. The molecule has 0 aromatic carbocycles. The van der Waals surface area contributed by atoms with E-state index >= 15 is 0 Å². The molecule has 0 aromatic rings. The van der Waals surface area contributed by atoms with Gasteiger partial charge in [-0.2, -0.15) is 0 Å². The maximum Gasteiger partial charge on any atom is 0.472 e. The summed E-state index contributed by atoms with van der Waals surface area (Å²) in [6.07, 6.45) is 64.3. The number of rotatable bonds is 57. The largest absolute Gasteiger partial charge is 0.472 e. The van der Waals surface area contributed by atoms with Crippen molar-refractivity contribution >= 4 is 19.7 Å². The van der Waals surface area contributed by atoms with Crippen molar-refractivity contribution in [1.82, 2.24) is 5.32 Å². The van der Waals surface area contributed by atoms with Crippen LogP contribution in [0, 0.1) is 0 Å². The van der Waals surface area contributed by atoms with Crippen LogP contribution in [0.25, 0.3) is 0 Å². The number of carbonyl (C=O) groups excluding carboxylic acids is 2. The SMILES string of the molecule is CCCC/C=C\CCCCCCCC(=O)NC(COP(=O)(O)OCC[N+](C)(C)C)C(/C=C\CCCCCCCCCCCCC)OC(=O)CCCCCCCCCCCCCCC/C=C/CCCCCCCC. The van der Waals surface area contributed by atoms with Gasteiger partial charge >= 0.3 is 13.8 Å². The van der Waals surface area contributed by atoms with Crippen LogP contribution in [0.1, 0.15) is 303 Å². The van der Waals surface area contributed by atoms with E-state index in [4.69, 9.17) is 13.8 Å². The van der Waals surface area contributed by atoms with Crippen molar-refractivity contribution in [3.05, 3.63) is 36.5 Å². The molecule has 0 radical (unpaired) electrons. The first-order chi connectivity index (χ1) is 35.4. The van der Waals surface area contributed by atoms with E-state index in [-0.39, 0.29) is 25.1 Å². The molecule has 10 heteroatoms. The zero-order chi connectivity index (χ0) is 53.6. The molecule has 0 saturated heterocycles. The Bertz CT molecular complexity index is 1350. The molecule has 0 heterocycles. The molecule has 1 amide bonds. The molecule has 0 aliphatic carbocycles. The Morgan fingerprint density at radius 3 is 1.21 bits per heavy atom. The lowest BCUT2D eigenvalue weighted by Gasteiger charge is -2.27. The summed E-state index contributed by atoms with van der Waals surface area (Å²) in [4.78, 5) is 37.6. The Labute approximate surface area is 453 Å². The Morgan fingerprint density at radius 2 is 0.808 bits per heavy atom. The number of phosphoric acid groups is 1. The van der Waals surface area contributed by atoms with Gasteiger partial charge in [-0.1, -0.05) is 250 Å². The predicted octanol–water partition coefficient (Wildman–Crippen LogP) is 19.1. The van der Waals surface area contributed by atoms with E-state index in [1.54, 1.807) is 0 Å². The minimum atomic E-state index is -4.44. The quantitative estimate of drug-likeness (QED) is 0.0205. The number of ether oxygens (including phenoxy) is 1. The third-order valence-electron chi connectivity index (χ3n) is 14.1. The van der Waals surface area contributed by atoms with Crippen LogP contribution >= 0.6 is 7.82 Å². The molecule has 0 spiro atoms. The van der Waals surface area contributed by atoms with Gasteiger partial charge in [0.05, 0.1) is 33.8 Å². The van der Waals surface area contributed by atoms with Crippen LogP contribution in [0.3, 0.4) is 0 Å². The molecule has 9 nitrogen and oxygen atoms in total. The van der Waals surface area contributed by atoms with Gasteiger partial charge in [0.15, 0.2) is 0 Å². The van der Waals surface area contributed by atoms with E-state index in [1.807, 2.05) is 33.3 Å². The lowest BCUT2D eigenvalue weighted by atomic mass is 10.0. The van der Waals surface area contributed by atoms with E-state index < -0.39 is 20.0 Å². The van der Waals surface area contributed by atoms with Crippen molar-refractivity contribution in [2.75, 3.05) is 40.9 Å².